The third-order valence-electron chi connectivity index (χ3n) is 1.80. The molecule has 0 bridgehead atoms. The van der Waals surface area contributed by atoms with Crippen molar-refractivity contribution in [3.8, 4) is 0 Å². The number of hydrogen-bond donors (Lipinski definition) is 2. The van der Waals surface area contributed by atoms with Gasteiger partial charge in [0.15, 0.2) is 5.82 Å². The number of nitrogens with two attached hydrogens (primary N) is 1. The van der Waals surface area contributed by atoms with Gasteiger partial charge in [-0.1, -0.05) is 0 Å². The summed E-state index contributed by atoms with van der Waals surface area (Å²) in [6.45, 7) is 0.295. The van der Waals surface area contributed by atoms with E-state index in [0.717, 1.165) is 0 Å². The second-order valence-electron chi connectivity index (χ2n) is 2.87. The number of rotatable bonds is 0. The van der Waals surface area contributed by atoms with Crippen molar-refractivity contribution in [2.45, 2.75) is 0 Å². The maximum Gasteiger partial charge on any atom is 0.244 e. The number of carbonyl (C=O) groups is 1. The smallest absolute Gasteiger partial charge is 0.244 e. The van der Waals surface area contributed by atoms with E-state index < -0.39 is 0 Å². The monoisotopic (exact) mass is 179 g/mol. The first kappa shape index (κ1) is 7.78. The zero-order valence-corrected chi connectivity index (χ0v) is 7.11. The molecule has 1 aliphatic heterocycles. The molecule has 3 N–H and O–H groups in total. The SMILES string of the molecule is CN1CC(=O)Nc2cnc(N)nc21. The van der Waals surface area contributed by atoms with Crippen LogP contribution in [0.5, 0.6) is 0 Å². The van der Waals surface area contributed by atoms with Gasteiger partial charge in [-0.25, -0.2) is 4.98 Å². The van der Waals surface area contributed by atoms with E-state index in [1.807, 2.05) is 0 Å². The Labute approximate surface area is 74.8 Å². The van der Waals surface area contributed by atoms with Crippen LogP contribution in [-0.4, -0.2) is 29.5 Å². The fourth-order valence-corrected chi connectivity index (χ4v) is 1.25. The first-order valence-electron chi connectivity index (χ1n) is 3.80. The van der Waals surface area contributed by atoms with Crippen molar-refractivity contribution in [1.82, 2.24) is 9.97 Å². The van der Waals surface area contributed by atoms with Crippen molar-refractivity contribution in [2.24, 2.45) is 0 Å². The number of nitrogens with one attached hydrogen (secondary N) is 1. The van der Waals surface area contributed by atoms with E-state index in [0.29, 0.717) is 18.1 Å². The molecular weight excluding hydrogens is 170 g/mol. The first-order valence-corrected chi connectivity index (χ1v) is 3.80. The van der Waals surface area contributed by atoms with Gasteiger partial charge in [0.25, 0.3) is 0 Å². The summed E-state index contributed by atoms with van der Waals surface area (Å²) >= 11 is 0. The third-order valence-corrected chi connectivity index (χ3v) is 1.80. The van der Waals surface area contributed by atoms with Crippen LogP contribution in [0.15, 0.2) is 6.20 Å². The lowest BCUT2D eigenvalue weighted by atomic mass is 10.3. The number of anilines is 3. The number of nitrogen functional groups attached to an aromatic ring is 1. The Morgan fingerprint density at radius 3 is 3.23 bits per heavy atom. The Hall–Kier alpha value is -1.85. The van der Waals surface area contributed by atoms with Gasteiger partial charge < -0.3 is 16.0 Å². The van der Waals surface area contributed by atoms with Crippen LogP contribution in [0.4, 0.5) is 17.5 Å². The van der Waals surface area contributed by atoms with Gasteiger partial charge in [-0.15, -0.1) is 0 Å². The van der Waals surface area contributed by atoms with Crippen LogP contribution in [0.1, 0.15) is 0 Å². The molecule has 1 amide bonds. The van der Waals surface area contributed by atoms with Gasteiger partial charge in [0.05, 0.1) is 12.7 Å². The molecule has 0 radical (unpaired) electrons. The molecular formula is C7H9N5O. The molecule has 0 saturated heterocycles. The molecule has 2 heterocycles. The van der Waals surface area contributed by atoms with Crippen molar-refractivity contribution in [2.75, 3.05) is 29.5 Å². The number of fused-ring (bicyclic) bond motifs is 1. The third kappa shape index (κ3) is 1.26. The lowest BCUT2D eigenvalue weighted by molar-refractivity contribution is -0.115. The standard InChI is InChI=1S/C7H9N5O/c1-12-3-5(13)10-4-2-9-7(8)11-6(4)12/h2H,3H2,1H3,(H,10,13)(H2,8,9,11). The van der Waals surface area contributed by atoms with Crippen molar-refractivity contribution in [3.63, 3.8) is 0 Å². The van der Waals surface area contributed by atoms with Crippen LogP contribution in [-0.2, 0) is 4.79 Å². The van der Waals surface area contributed by atoms with Crippen LogP contribution in [0, 0.1) is 0 Å². The molecule has 1 aliphatic rings. The van der Waals surface area contributed by atoms with Gasteiger partial charge in [-0.2, -0.15) is 4.98 Å². The fraction of sp³-hybridized carbons (Fsp3) is 0.286. The van der Waals surface area contributed by atoms with Crippen molar-refractivity contribution in [3.05, 3.63) is 6.20 Å². The molecule has 6 nitrogen and oxygen atoms in total. The first-order chi connectivity index (χ1) is 6.16. The second kappa shape index (κ2) is 2.58. The number of nitrogens with zero attached hydrogens (tertiary/aromatic N) is 3. The van der Waals surface area contributed by atoms with E-state index in [1.54, 1.807) is 11.9 Å². The molecule has 0 spiro atoms. The van der Waals surface area contributed by atoms with Gasteiger partial charge in [-0.05, 0) is 0 Å². The summed E-state index contributed by atoms with van der Waals surface area (Å²) in [7, 11) is 1.78. The Morgan fingerprint density at radius 1 is 1.69 bits per heavy atom. The van der Waals surface area contributed by atoms with E-state index in [2.05, 4.69) is 15.3 Å². The zero-order chi connectivity index (χ0) is 9.42. The van der Waals surface area contributed by atoms with E-state index in [4.69, 9.17) is 5.73 Å². The highest BCUT2D eigenvalue weighted by molar-refractivity contribution is 5.99. The van der Waals surface area contributed by atoms with Gasteiger partial charge in [-0.3, -0.25) is 4.79 Å². The van der Waals surface area contributed by atoms with Crippen LogP contribution in [0.2, 0.25) is 0 Å². The minimum Gasteiger partial charge on any atom is -0.368 e. The highest BCUT2D eigenvalue weighted by Gasteiger charge is 2.20. The molecule has 1 aromatic heterocycles. The van der Waals surface area contributed by atoms with Crippen LogP contribution in [0.25, 0.3) is 0 Å². The summed E-state index contributed by atoms with van der Waals surface area (Å²) in [6, 6.07) is 0. The molecule has 0 aliphatic carbocycles. The average Bonchev–Trinajstić information content (AvgIpc) is 2.06. The minimum absolute atomic E-state index is 0.0663. The summed E-state index contributed by atoms with van der Waals surface area (Å²) in [4.78, 5) is 20.6. The number of carbonyl (C=O) groups excluding carboxylic acids is 1. The maximum atomic E-state index is 11.1. The molecule has 13 heavy (non-hydrogen) atoms. The van der Waals surface area contributed by atoms with Crippen LogP contribution < -0.4 is 16.0 Å². The summed E-state index contributed by atoms with van der Waals surface area (Å²) in [5.41, 5.74) is 6.02. The summed E-state index contributed by atoms with van der Waals surface area (Å²) in [6.07, 6.45) is 1.51. The molecule has 0 unspecified atom stereocenters. The molecule has 0 aromatic carbocycles. The largest absolute Gasteiger partial charge is 0.368 e. The maximum absolute atomic E-state index is 11.1. The average molecular weight is 179 g/mol. The lowest BCUT2D eigenvalue weighted by Crippen LogP contribution is -2.36. The van der Waals surface area contributed by atoms with Crippen LogP contribution in [0.3, 0.4) is 0 Å². The van der Waals surface area contributed by atoms with Crippen molar-refractivity contribution in [1.29, 1.82) is 0 Å². The minimum atomic E-state index is -0.0663. The van der Waals surface area contributed by atoms with Gasteiger partial charge in [0.2, 0.25) is 11.9 Å². The summed E-state index contributed by atoms with van der Waals surface area (Å²) in [5, 5.41) is 2.66. The van der Waals surface area contributed by atoms with Gasteiger partial charge in [0.1, 0.15) is 5.69 Å². The molecule has 68 valence electrons. The topological polar surface area (TPSA) is 84.1 Å². The molecule has 0 atom stereocenters. The van der Waals surface area contributed by atoms with Crippen molar-refractivity contribution < 1.29 is 4.79 Å². The molecule has 0 saturated carbocycles. The van der Waals surface area contributed by atoms with E-state index in [9.17, 15) is 4.79 Å². The number of aromatic nitrogens is 2. The molecule has 1 aromatic rings. The molecule has 6 heteroatoms. The van der Waals surface area contributed by atoms with E-state index in [1.165, 1.54) is 6.20 Å². The number of hydrogen-bond acceptors (Lipinski definition) is 5. The molecule has 2 rings (SSSR count). The predicted molar refractivity (Wildman–Crippen MR) is 48.3 cm³/mol. The predicted octanol–water partition coefficient (Wildman–Crippen LogP) is -0.553. The zero-order valence-electron chi connectivity index (χ0n) is 7.11. The Kier molecular flexibility index (Phi) is 1.54. The Balaban J connectivity index is 2.49. The number of amides is 1. The normalized spacial score (nSPS) is 15.2. The summed E-state index contributed by atoms with van der Waals surface area (Å²) < 4.78 is 0. The van der Waals surface area contributed by atoms with E-state index in [-0.39, 0.29) is 11.9 Å². The van der Waals surface area contributed by atoms with E-state index >= 15 is 0 Å². The van der Waals surface area contributed by atoms with Crippen molar-refractivity contribution >= 4 is 23.4 Å². The Morgan fingerprint density at radius 2 is 2.46 bits per heavy atom. The molecule has 0 fully saturated rings. The second-order valence-corrected chi connectivity index (χ2v) is 2.87. The quantitative estimate of drug-likeness (QED) is 0.558. The summed E-state index contributed by atoms with van der Waals surface area (Å²) in [5.74, 6) is 0.803. The fourth-order valence-electron chi connectivity index (χ4n) is 1.25. The highest BCUT2D eigenvalue weighted by atomic mass is 16.2. The number of likely N-dealkylation sites (N-methyl/N-ethyl adjacent to an activating group) is 1. The van der Waals surface area contributed by atoms with Gasteiger partial charge in [0, 0.05) is 7.05 Å². The van der Waals surface area contributed by atoms with Gasteiger partial charge >= 0.3 is 0 Å². The highest BCUT2D eigenvalue weighted by Crippen LogP contribution is 2.24. The lowest BCUT2D eigenvalue weighted by Gasteiger charge is -2.25. The van der Waals surface area contributed by atoms with Crippen LogP contribution >= 0.6 is 0 Å². The Bertz CT molecular complexity index is 364.